The van der Waals surface area contributed by atoms with E-state index in [0.29, 0.717) is 81.9 Å². The molecule has 1 fully saturated rings. The van der Waals surface area contributed by atoms with Gasteiger partial charge in [0.1, 0.15) is 60.6 Å². The maximum atomic E-state index is 15.5. The average molecular weight is 1240 g/mol. The molecule has 3 aliphatic rings. The molecule has 89 heavy (non-hydrogen) atoms. The van der Waals surface area contributed by atoms with Gasteiger partial charge in [0.15, 0.2) is 46.1 Å². The van der Waals surface area contributed by atoms with Crippen molar-refractivity contribution >= 4 is 56.6 Å². The topological polar surface area (TPSA) is 233 Å². The number of benzene rings is 5. The lowest BCUT2D eigenvalue weighted by molar-refractivity contribution is 0.101. The van der Waals surface area contributed by atoms with E-state index < -0.39 is 57.7 Å². The highest BCUT2D eigenvalue weighted by Gasteiger charge is 2.29. The maximum Gasteiger partial charge on any atom is 0.335 e. The minimum Gasteiger partial charge on any atom is -0.493 e. The maximum absolute atomic E-state index is 15.5. The summed E-state index contributed by atoms with van der Waals surface area (Å²) in [5, 5.41) is 5.92. The highest BCUT2D eigenvalue weighted by Crippen LogP contribution is 2.50. The summed E-state index contributed by atoms with van der Waals surface area (Å²) in [5.74, 6) is -1.09. The van der Waals surface area contributed by atoms with E-state index in [1.165, 1.54) is 61.5 Å². The molecule has 0 radical (unpaired) electrons. The molecule has 12 rings (SSSR count). The highest BCUT2D eigenvalue weighted by molar-refractivity contribution is 6.34. The smallest absolute Gasteiger partial charge is 0.335 e. The number of carbonyl (C=O) groups is 2. The summed E-state index contributed by atoms with van der Waals surface area (Å²) in [6.07, 6.45) is 10.8. The van der Waals surface area contributed by atoms with Crippen LogP contribution in [0.5, 0.6) is 63.2 Å². The molecule has 4 aromatic heterocycles. The van der Waals surface area contributed by atoms with Gasteiger partial charge in [-0.25, -0.2) is 22.5 Å². The molecule has 9 aromatic rings. The molecule has 0 spiro atoms. The number of amides is 2. The van der Waals surface area contributed by atoms with Crippen LogP contribution in [-0.2, 0) is 0 Å². The van der Waals surface area contributed by atoms with Crippen molar-refractivity contribution in [3.8, 4) is 68.9 Å². The van der Waals surface area contributed by atoms with Gasteiger partial charge in [-0.05, 0) is 88.2 Å². The monoisotopic (exact) mass is 1240 g/mol. The van der Waals surface area contributed by atoms with Crippen LogP contribution in [0, 0.1) is 17.5 Å². The number of ether oxygens (including phenoxy) is 9. The first kappa shape index (κ1) is 60.5. The summed E-state index contributed by atoms with van der Waals surface area (Å²) >= 11 is 6.45. The Bertz CT molecular complexity index is 4420. The van der Waals surface area contributed by atoms with Gasteiger partial charge in [0.05, 0.1) is 59.0 Å². The lowest BCUT2D eigenvalue weighted by Gasteiger charge is -2.25. The fraction of sp³-hybridized carbons (Fsp3) is 0.266. The third-order valence-corrected chi connectivity index (χ3v) is 15.1. The Morgan fingerprint density at radius 2 is 1.24 bits per heavy atom. The van der Waals surface area contributed by atoms with E-state index in [1.54, 1.807) is 55.8 Å². The van der Waals surface area contributed by atoms with Gasteiger partial charge in [-0.1, -0.05) is 30.9 Å². The number of halogens is 4. The van der Waals surface area contributed by atoms with Gasteiger partial charge in [0.25, 0.3) is 22.9 Å². The molecule has 0 unspecified atom stereocenters. The van der Waals surface area contributed by atoms with Crippen LogP contribution in [0.1, 0.15) is 85.7 Å². The van der Waals surface area contributed by atoms with Crippen molar-refractivity contribution in [2.24, 2.45) is 0 Å². The lowest BCUT2D eigenvalue weighted by atomic mass is 9.95. The van der Waals surface area contributed by atoms with Gasteiger partial charge in [-0.3, -0.25) is 33.7 Å². The molecule has 0 bridgehead atoms. The standard InChI is InChI=1S/C32H25ClF2N4O7.C32H32FN3O7/c1-16(2)38-15-19(31(41)39(32(38)42)18-6-4-17(34)5-7-18)30(40)37-22-13-21(35)25(12-20(22)33)46-24-8-9-36-23-14-26(43-3)28-29(27(23)24)45-11-10-44-28;1-3-40-24-12-14-36(20-7-5-4-6-8-20)32(38)28(24)31(37)35-19-9-10-23(21(33)17-19)43-25-11-13-34-22-18-26(39-2)29-30(27(22)25)42-16-15-41-29/h4-9,12-16H,10-11H2,1-3H3,(H,37,40);9-14,17-18,20H,3-8,15-16H2,1-2H3,(H,35,37). The zero-order chi connectivity index (χ0) is 62.6. The van der Waals surface area contributed by atoms with Crippen molar-refractivity contribution in [1.82, 2.24) is 23.7 Å². The van der Waals surface area contributed by atoms with Gasteiger partial charge in [-0.15, -0.1) is 0 Å². The van der Waals surface area contributed by atoms with Crippen LogP contribution in [0.3, 0.4) is 0 Å². The quantitative estimate of drug-likeness (QED) is 0.0971. The van der Waals surface area contributed by atoms with Gasteiger partial charge in [-0.2, -0.15) is 0 Å². The predicted octanol–water partition coefficient (Wildman–Crippen LogP) is 12.1. The Morgan fingerprint density at radius 3 is 1.81 bits per heavy atom. The predicted molar refractivity (Wildman–Crippen MR) is 323 cm³/mol. The largest absolute Gasteiger partial charge is 0.493 e. The van der Waals surface area contributed by atoms with Gasteiger partial charge >= 0.3 is 5.69 Å². The Kier molecular flexibility index (Phi) is 17.7. The van der Waals surface area contributed by atoms with E-state index in [-0.39, 0.29) is 69.9 Å². The third-order valence-electron chi connectivity index (χ3n) is 14.8. The molecule has 21 nitrogen and oxygen atoms in total. The van der Waals surface area contributed by atoms with E-state index in [9.17, 15) is 28.4 Å². The van der Waals surface area contributed by atoms with Crippen LogP contribution in [-0.4, -0.2) is 82.7 Å². The van der Waals surface area contributed by atoms with Crippen LogP contribution in [0.15, 0.2) is 124 Å². The Labute approximate surface area is 510 Å². The SMILES string of the molecule is CCOc1ccn(C2CCCCC2)c(=O)c1C(=O)Nc1ccc(Oc2ccnc3cc(OC)c4c(c23)OCCO4)c(F)c1.COc1cc2nccc(Oc3cc(Cl)c(NC(=O)c4cn(C(C)C)c(=O)n(-c5ccc(F)cc5)c4=O)cc3F)c2c2c1OCCO2. The summed E-state index contributed by atoms with van der Waals surface area (Å²) in [7, 11) is 3.01. The number of aromatic nitrogens is 5. The fourth-order valence-electron chi connectivity index (χ4n) is 10.6. The number of methoxy groups -OCH3 is 2. The highest BCUT2D eigenvalue weighted by atomic mass is 35.5. The average Bonchev–Trinajstić information content (AvgIpc) is 2.42. The van der Waals surface area contributed by atoms with E-state index in [2.05, 4.69) is 20.6 Å². The molecular weight excluding hydrogens is 1180 g/mol. The summed E-state index contributed by atoms with van der Waals surface area (Å²) in [5.41, 5.74) is -1.63. The van der Waals surface area contributed by atoms with Crippen LogP contribution < -0.4 is 70.1 Å². The normalized spacial score (nSPS) is 13.5. The zero-order valence-corrected chi connectivity index (χ0v) is 49.3. The van der Waals surface area contributed by atoms with Gasteiger partial charge in [0, 0.05) is 72.9 Å². The van der Waals surface area contributed by atoms with Crippen LogP contribution in [0.4, 0.5) is 24.5 Å². The summed E-state index contributed by atoms with van der Waals surface area (Å²) in [6, 6.07) is 18.5. The number of hydrogen-bond donors (Lipinski definition) is 2. The molecule has 2 N–H and O–H groups in total. The van der Waals surface area contributed by atoms with Crippen molar-refractivity contribution in [3.05, 3.63) is 175 Å². The number of hydrogen-bond acceptors (Lipinski definition) is 16. The second-order valence-corrected chi connectivity index (χ2v) is 21.1. The molecule has 6 heterocycles. The van der Waals surface area contributed by atoms with E-state index in [1.807, 2.05) is 0 Å². The molecule has 1 saturated carbocycles. The first-order valence-electron chi connectivity index (χ1n) is 28.3. The summed E-state index contributed by atoms with van der Waals surface area (Å²) in [6.45, 7) is 6.69. The van der Waals surface area contributed by atoms with E-state index >= 15 is 8.78 Å². The van der Waals surface area contributed by atoms with Crippen molar-refractivity contribution in [3.63, 3.8) is 0 Å². The molecular formula is C64H57ClF3N7O14. The van der Waals surface area contributed by atoms with Crippen molar-refractivity contribution in [2.75, 3.05) is 57.9 Å². The second kappa shape index (κ2) is 26.0. The van der Waals surface area contributed by atoms with Crippen molar-refractivity contribution < 1.29 is 65.4 Å². The minimum atomic E-state index is -0.960. The summed E-state index contributed by atoms with van der Waals surface area (Å²) < 4.78 is 99.5. The van der Waals surface area contributed by atoms with Crippen molar-refractivity contribution in [2.45, 2.75) is 65.0 Å². The Morgan fingerprint density at radius 1 is 0.652 bits per heavy atom. The third kappa shape index (κ3) is 12.3. The summed E-state index contributed by atoms with van der Waals surface area (Å²) in [4.78, 5) is 75.5. The number of nitrogens with zero attached hydrogens (tertiary/aromatic N) is 5. The molecule has 2 aliphatic heterocycles. The molecule has 0 atom stereocenters. The van der Waals surface area contributed by atoms with E-state index in [0.717, 1.165) is 73.2 Å². The van der Waals surface area contributed by atoms with Crippen LogP contribution in [0.25, 0.3) is 27.5 Å². The van der Waals surface area contributed by atoms with E-state index in [4.69, 9.17) is 54.2 Å². The fourth-order valence-corrected chi connectivity index (χ4v) is 10.8. The number of carbonyl (C=O) groups excluding carboxylic acids is 2. The second-order valence-electron chi connectivity index (χ2n) is 20.7. The Balaban J connectivity index is 0.000000184. The van der Waals surface area contributed by atoms with Crippen molar-refractivity contribution in [1.29, 1.82) is 0 Å². The number of fused-ring (bicyclic) bond motifs is 6. The molecule has 2 amide bonds. The first-order valence-corrected chi connectivity index (χ1v) is 28.7. The molecule has 1 aliphatic carbocycles. The van der Waals surface area contributed by atoms with Crippen LogP contribution in [0.2, 0.25) is 5.02 Å². The van der Waals surface area contributed by atoms with Crippen LogP contribution >= 0.6 is 11.6 Å². The zero-order valence-electron chi connectivity index (χ0n) is 48.6. The van der Waals surface area contributed by atoms with Gasteiger partial charge < -0.3 is 57.8 Å². The number of rotatable bonds is 15. The lowest BCUT2D eigenvalue weighted by Crippen LogP contribution is -2.42. The Hall–Kier alpha value is -10.2. The number of anilines is 2. The minimum absolute atomic E-state index is 0.0327. The molecule has 5 aromatic carbocycles. The van der Waals surface area contributed by atoms with Gasteiger partial charge in [0.2, 0.25) is 11.5 Å². The number of pyridine rings is 3. The first-order chi connectivity index (χ1) is 43.0. The molecule has 25 heteroatoms. The molecule has 460 valence electrons. The molecule has 0 saturated heterocycles. The number of nitrogens with one attached hydrogen (secondary N) is 2.